The summed E-state index contributed by atoms with van der Waals surface area (Å²) in [6, 6.07) is 5.71. The van der Waals surface area contributed by atoms with Crippen molar-refractivity contribution in [1.82, 2.24) is 15.6 Å². The predicted octanol–water partition coefficient (Wildman–Crippen LogP) is 5.15. The van der Waals surface area contributed by atoms with Gasteiger partial charge in [-0.1, -0.05) is 29.3 Å². The summed E-state index contributed by atoms with van der Waals surface area (Å²) in [4.78, 5) is 10.0. The molecule has 0 aliphatic carbocycles. The Kier molecular flexibility index (Phi) is 9.48. The highest BCUT2D eigenvalue weighted by Crippen LogP contribution is 2.25. The van der Waals surface area contributed by atoms with Gasteiger partial charge in [-0.15, -0.1) is 35.3 Å². The second-order valence-electron chi connectivity index (χ2n) is 5.53. The summed E-state index contributed by atoms with van der Waals surface area (Å²) in [6.45, 7) is 6.95. The van der Waals surface area contributed by atoms with Gasteiger partial charge in [0.2, 0.25) is 0 Å². The van der Waals surface area contributed by atoms with E-state index in [2.05, 4.69) is 34.5 Å². The first-order valence-electron chi connectivity index (χ1n) is 7.75. The zero-order valence-electron chi connectivity index (χ0n) is 14.7. The molecule has 0 aliphatic heterocycles. The Balaban J connectivity index is 0.00000312. The van der Waals surface area contributed by atoms with Crippen LogP contribution in [0.3, 0.4) is 0 Å². The van der Waals surface area contributed by atoms with Crippen molar-refractivity contribution < 1.29 is 0 Å². The lowest BCUT2D eigenvalue weighted by molar-refractivity contribution is 0.685. The molecule has 0 radical (unpaired) electrons. The van der Waals surface area contributed by atoms with Crippen molar-refractivity contribution >= 4 is 64.5 Å². The molecule has 1 aromatic carbocycles. The summed E-state index contributed by atoms with van der Waals surface area (Å²) >= 11 is 13.8. The predicted molar refractivity (Wildman–Crippen MR) is 120 cm³/mol. The van der Waals surface area contributed by atoms with Gasteiger partial charge in [0.1, 0.15) is 0 Å². The minimum absolute atomic E-state index is 0. The van der Waals surface area contributed by atoms with E-state index in [9.17, 15) is 0 Å². The number of guanidine groups is 1. The number of hydrogen-bond donors (Lipinski definition) is 2. The number of hydrogen-bond acceptors (Lipinski definition) is 3. The number of thiazole rings is 1. The third-order valence-electron chi connectivity index (χ3n) is 3.66. The molecule has 0 saturated heterocycles. The number of aromatic nitrogens is 1. The molecule has 2 rings (SSSR count). The summed E-state index contributed by atoms with van der Waals surface area (Å²) in [5.41, 5.74) is 2.17. The third-order valence-corrected chi connectivity index (χ3v) is 5.54. The van der Waals surface area contributed by atoms with E-state index in [0.29, 0.717) is 10.0 Å². The third kappa shape index (κ3) is 6.58. The van der Waals surface area contributed by atoms with Crippen LogP contribution < -0.4 is 10.6 Å². The first-order chi connectivity index (χ1) is 11.4. The molecular formula is C17H23Cl2IN4S. The number of nitrogens with zero attached hydrogens (tertiary/aromatic N) is 2. The molecule has 0 fully saturated rings. The van der Waals surface area contributed by atoms with Crippen molar-refractivity contribution in [2.24, 2.45) is 4.99 Å². The summed E-state index contributed by atoms with van der Waals surface area (Å²) in [5, 5.41) is 8.93. The van der Waals surface area contributed by atoms with E-state index in [1.807, 2.05) is 25.1 Å². The fraction of sp³-hybridized carbons (Fsp3) is 0.412. The molecular weight excluding hydrogens is 490 g/mol. The molecule has 0 saturated carbocycles. The Bertz CT molecular complexity index is 733. The summed E-state index contributed by atoms with van der Waals surface area (Å²) < 4.78 is 0. The lowest BCUT2D eigenvalue weighted by atomic mass is 10.1. The maximum atomic E-state index is 6.09. The van der Waals surface area contributed by atoms with Crippen molar-refractivity contribution in [3.8, 4) is 0 Å². The van der Waals surface area contributed by atoms with Crippen molar-refractivity contribution in [3.05, 3.63) is 49.4 Å². The zero-order chi connectivity index (χ0) is 17.7. The molecule has 8 heteroatoms. The Morgan fingerprint density at radius 2 is 2.00 bits per heavy atom. The summed E-state index contributed by atoms with van der Waals surface area (Å²) in [7, 11) is 1.76. The van der Waals surface area contributed by atoms with Gasteiger partial charge < -0.3 is 10.6 Å². The van der Waals surface area contributed by atoms with Gasteiger partial charge in [-0.05, 0) is 38.5 Å². The van der Waals surface area contributed by atoms with Gasteiger partial charge in [0.05, 0.1) is 26.8 Å². The maximum absolute atomic E-state index is 6.09. The van der Waals surface area contributed by atoms with Crippen LogP contribution in [0.5, 0.6) is 0 Å². The number of aliphatic imine (C=N–C) groups is 1. The van der Waals surface area contributed by atoms with E-state index < -0.39 is 0 Å². The molecule has 2 N–H and O–H groups in total. The van der Waals surface area contributed by atoms with Crippen molar-refractivity contribution in [3.63, 3.8) is 0 Å². The molecule has 1 aromatic heterocycles. The number of benzene rings is 1. The van der Waals surface area contributed by atoms with Gasteiger partial charge in [0.15, 0.2) is 5.96 Å². The van der Waals surface area contributed by atoms with Crippen LogP contribution in [0.15, 0.2) is 23.2 Å². The van der Waals surface area contributed by atoms with E-state index >= 15 is 0 Å². The molecule has 1 heterocycles. The molecule has 25 heavy (non-hydrogen) atoms. The summed E-state index contributed by atoms with van der Waals surface area (Å²) in [6.07, 6.45) is 0.930. The maximum Gasteiger partial charge on any atom is 0.191 e. The smallest absolute Gasteiger partial charge is 0.191 e. The Labute approximate surface area is 180 Å². The standard InChI is InChI=1S/C17H22Cl2N4S.HI/c1-10(13-5-6-14(18)15(19)9-13)23-17(20-4)21-8-7-16-11(2)22-12(3)24-16;/h5-6,9-10H,7-8H2,1-4H3,(H2,20,21,23);1H. The van der Waals surface area contributed by atoms with Gasteiger partial charge in [0, 0.05) is 24.9 Å². The van der Waals surface area contributed by atoms with Crippen molar-refractivity contribution in [2.45, 2.75) is 33.2 Å². The van der Waals surface area contributed by atoms with E-state index in [1.165, 1.54) is 4.88 Å². The monoisotopic (exact) mass is 512 g/mol. The van der Waals surface area contributed by atoms with Crippen molar-refractivity contribution in [2.75, 3.05) is 13.6 Å². The molecule has 1 atom stereocenters. The molecule has 0 amide bonds. The van der Waals surface area contributed by atoms with Gasteiger partial charge >= 0.3 is 0 Å². The average Bonchev–Trinajstić information content (AvgIpc) is 2.86. The highest BCUT2D eigenvalue weighted by molar-refractivity contribution is 14.0. The van der Waals surface area contributed by atoms with Gasteiger partial charge in [0.25, 0.3) is 0 Å². The van der Waals surface area contributed by atoms with E-state index in [4.69, 9.17) is 23.2 Å². The van der Waals surface area contributed by atoms with E-state index in [0.717, 1.165) is 35.2 Å². The highest BCUT2D eigenvalue weighted by atomic mass is 127. The number of nitrogens with one attached hydrogen (secondary N) is 2. The fourth-order valence-corrected chi connectivity index (χ4v) is 3.61. The number of halogens is 3. The average molecular weight is 513 g/mol. The topological polar surface area (TPSA) is 49.3 Å². The molecule has 138 valence electrons. The Morgan fingerprint density at radius 3 is 2.56 bits per heavy atom. The first-order valence-corrected chi connectivity index (χ1v) is 9.33. The van der Waals surface area contributed by atoms with E-state index in [1.54, 1.807) is 18.4 Å². The number of aryl methyl sites for hydroxylation is 2. The van der Waals surface area contributed by atoms with Crippen LogP contribution in [0.25, 0.3) is 0 Å². The second kappa shape index (κ2) is 10.5. The first kappa shape index (κ1) is 22.5. The molecule has 0 aliphatic rings. The zero-order valence-corrected chi connectivity index (χ0v) is 19.3. The van der Waals surface area contributed by atoms with Crippen LogP contribution in [-0.2, 0) is 6.42 Å². The highest BCUT2D eigenvalue weighted by Gasteiger charge is 2.10. The minimum Gasteiger partial charge on any atom is -0.356 e. The van der Waals surface area contributed by atoms with Crippen LogP contribution in [0, 0.1) is 13.8 Å². The summed E-state index contributed by atoms with van der Waals surface area (Å²) in [5.74, 6) is 0.757. The molecule has 0 spiro atoms. The van der Waals surface area contributed by atoms with Gasteiger partial charge in [-0.2, -0.15) is 0 Å². The largest absolute Gasteiger partial charge is 0.356 e. The normalized spacial score (nSPS) is 12.5. The second-order valence-corrected chi connectivity index (χ2v) is 7.63. The van der Waals surface area contributed by atoms with Crippen LogP contribution in [0.2, 0.25) is 10.0 Å². The minimum atomic E-state index is 0. The lowest BCUT2D eigenvalue weighted by Crippen LogP contribution is -2.39. The molecule has 0 bridgehead atoms. The number of rotatable bonds is 5. The van der Waals surface area contributed by atoms with E-state index in [-0.39, 0.29) is 30.0 Å². The van der Waals surface area contributed by atoms with Gasteiger partial charge in [-0.25, -0.2) is 4.98 Å². The van der Waals surface area contributed by atoms with Crippen LogP contribution in [0.1, 0.15) is 34.1 Å². The SMILES string of the molecule is CN=C(NCCc1sc(C)nc1C)NC(C)c1ccc(Cl)c(Cl)c1.I. The molecule has 2 aromatic rings. The Morgan fingerprint density at radius 1 is 1.28 bits per heavy atom. The Hall–Kier alpha value is -0.570. The van der Waals surface area contributed by atoms with Crippen LogP contribution >= 0.6 is 58.5 Å². The lowest BCUT2D eigenvalue weighted by Gasteiger charge is -2.18. The van der Waals surface area contributed by atoms with Crippen molar-refractivity contribution in [1.29, 1.82) is 0 Å². The van der Waals surface area contributed by atoms with Crippen LogP contribution in [0.4, 0.5) is 0 Å². The quantitative estimate of drug-likeness (QED) is 0.330. The van der Waals surface area contributed by atoms with Crippen LogP contribution in [-0.4, -0.2) is 24.5 Å². The fourth-order valence-electron chi connectivity index (χ4n) is 2.36. The molecule has 1 unspecified atom stereocenters. The van der Waals surface area contributed by atoms with Gasteiger partial charge in [-0.3, -0.25) is 4.99 Å². The molecule has 4 nitrogen and oxygen atoms in total.